The van der Waals surface area contributed by atoms with Crippen LogP contribution < -0.4 is 5.32 Å². The van der Waals surface area contributed by atoms with Crippen molar-refractivity contribution in [2.45, 2.75) is 52.6 Å². The highest BCUT2D eigenvalue weighted by Crippen LogP contribution is 2.54. The van der Waals surface area contributed by atoms with Gasteiger partial charge >= 0.3 is 0 Å². The summed E-state index contributed by atoms with van der Waals surface area (Å²) in [5.74, 6) is 0. The number of nitrogens with one attached hydrogen (secondary N) is 1. The van der Waals surface area contributed by atoms with Crippen LogP contribution in [0.4, 0.5) is 0 Å². The Morgan fingerprint density at radius 2 is 2.25 bits per heavy atom. The van der Waals surface area contributed by atoms with Gasteiger partial charge in [-0.2, -0.15) is 0 Å². The number of nitrogens with zero attached hydrogens (tertiary/aromatic N) is 3. The van der Waals surface area contributed by atoms with Crippen LogP contribution in [0.15, 0.2) is 6.20 Å². The molecule has 1 heterocycles. The normalized spacial score (nSPS) is 19.7. The van der Waals surface area contributed by atoms with Crippen LogP contribution in [-0.4, -0.2) is 21.5 Å². The molecule has 1 unspecified atom stereocenters. The van der Waals surface area contributed by atoms with Gasteiger partial charge in [-0.05, 0) is 31.2 Å². The molecule has 1 aromatic rings. The van der Waals surface area contributed by atoms with Crippen LogP contribution in [0.2, 0.25) is 0 Å². The Morgan fingerprint density at radius 1 is 1.50 bits per heavy atom. The standard InChI is InChI=1S/C12H22N4/c1-4-8-16-10(9-14-15-16)11(13-5-2)12(3)6-7-12/h9,11,13H,4-8H2,1-3H3. The second kappa shape index (κ2) is 4.53. The predicted molar refractivity (Wildman–Crippen MR) is 64.1 cm³/mol. The van der Waals surface area contributed by atoms with Crippen LogP contribution in [0.25, 0.3) is 0 Å². The van der Waals surface area contributed by atoms with E-state index in [0.717, 1.165) is 19.5 Å². The molecule has 16 heavy (non-hydrogen) atoms. The molecule has 0 aromatic carbocycles. The minimum atomic E-state index is 0.416. The van der Waals surface area contributed by atoms with Gasteiger partial charge in [0.15, 0.2) is 0 Å². The third kappa shape index (κ3) is 2.12. The molecule has 1 aromatic heterocycles. The van der Waals surface area contributed by atoms with E-state index in [1.807, 2.05) is 6.20 Å². The average Bonchev–Trinajstić information content (AvgIpc) is 2.85. The largest absolute Gasteiger partial charge is 0.308 e. The van der Waals surface area contributed by atoms with Gasteiger partial charge in [0.25, 0.3) is 0 Å². The molecule has 90 valence electrons. The van der Waals surface area contributed by atoms with Crippen LogP contribution in [-0.2, 0) is 6.54 Å². The van der Waals surface area contributed by atoms with Crippen LogP contribution in [0.3, 0.4) is 0 Å². The van der Waals surface area contributed by atoms with Crippen molar-refractivity contribution < 1.29 is 0 Å². The number of hydrogen-bond donors (Lipinski definition) is 1. The summed E-state index contributed by atoms with van der Waals surface area (Å²) in [5, 5.41) is 11.8. The summed E-state index contributed by atoms with van der Waals surface area (Å²) in [6, 6.07) is 0.416. The lowest BCUT2D eigenvalue weighted by atomic mass is 9.96. The molecule has 0 amide bonds. The lowest BCUT2D eigenvalue weighted by Gasteiger charge is -2.24. The Morgan fingerprint density at radius 3 is 2.81 bits per heavy atom. The Balaban J connectivity index is 2.20. The Labute approximate surface area is 97.4 Å². The maximum absolute atomic E-state index is 4.18. The zero-order chi connectivity index (χ0) is 11.6. The quantitative estimate of drug-likeness (QED) is 0.802. The molecule has 0 radical (unpaired) electrons. The van der Waals surface area contributed by atoms with Gasteiger partial charge in [0.05, 0.1) is 17.9 Å². The highest BCUT2D eigenvalue weighted by atomic mass is 15.4. The second-order valence-corrected chi connectivity index (χ2v) is 5.03. The number of aromatic nitrogens is 3. The van der Waals surface area contributed by atoms with Gasteiger partial charge in [-0.1, -0.05) is 26.0 Å². The third-order valence-corrected chi connectivity index (χ3v) is 3.52. The molecular formula is C12H22N4. The lowest BCUT2D eigenvalue weighted by Crippen LogP contribution is -2.30. The van der Waals surface area contributed by atoms with Gasteiger partial charge in [-0.3, -0.25) is 0 Å². The van der Waals surface area contributed by atoms with E-state index in [0.29, 0.717) is 11.5 Å². The zero-order valence-electron chi connectivity index (χ0n) is 10.5. The van der Waals surface area contributed by atoms with Gasteiger partial charge in [0.1, 0.15) is 0 Å². The van der Waals surface area contributed by atoms with Gasteiger partial charge < -0.3 is 5.32 Å². The summed E-state index contributed by atoms with van der Waals surface area (Å²) in [6.45, 7) is 8.65. The average molecular weight is 222 g/mol. The second-order valence-electron chi connectivity index (χ2n) is 5.03. The van der Waals surface area contributed by atoms with Crippen LogP contribution in [0.1, 0.15) is 51.8 Å². The van der Waals surface area contributed by atoms with Crippen molar-refractivity contribution in [1.29, 1.82) is 0 Å². The van der Waals surface area contributed by atoms with Crippen molar-refractivity contribution in [2.75, 3.05) is 6.54 Å². The fourth-order valence-electron chi connectivity index (χ4n) is 2.27. The van der Waals surface area contributed by atoms with E-state index < -0.39 is 0 Å². The van der Waals surface area contributed by atoms with E-state index in [1.165, 1.54) is 18.5 Å². The lowest BCUT2D eigenvalue weighted by molar-refractivity contribution is 0.347. The molecule has 1 fully saturated rings. The molecular weight excluding hydrogens is 200 g/mol. The molecule has 0 aliphatic heterocycles. The van der Waals surface area contributed by atoms with Gasteiger partial charge in [0.2, 0.25) is 0 Å². The zero-order valence-corrected chi connectivity index (χ0v) is 10.5. The Hall–Kier alpha value is -0.900. The molecule has 1 saturated carbocycles. The highest BCUT2D eigenvalue weighted by Gasteiger charge is 2.46. The monoisotopic (exact) mass is 222 g/mol. The summed E-state index contributed by atoms with van der Waals surface area (Å²) in [4.78, 5) is 0. The first-order chi connectivity index (χ1) is 7.71. The first-order valence-electron chi connectivity index (χ1n) is 6.33. The van der Waals surface area contributed by atoms with E-state index in [1.54, 1.807) is 0 Å². The number of rotatable bonds is 6. The third-order valence-electron chi connectivity index (χ3n) is 3.52. The van der Waals surface area contributed by atoms with E-state index in [9.17, 15) is 0 Å². The summed E-state index contributed by atoms with van der Waals surface area (Å²) in [6.07, 6.45) is 5.64. The van der Waals surface area contributed by atoms with Gasteiger partial charge in [-0.25, -0.2) is 4.68 Å². The van der Waals surface area contributed by atoms with Gasteiger partial charge in [-0.15, -0.1) is 5.10 Å². The van der Waals surface area contributed by atoms with Crippen molar-refractivity contribution in [3.63, 3.8) is 0 Å². The summed E-state index contributed by atoms with van der Waals surface area (Å²) >= 11 is 0. The Bertz CT molecular complexity index is 341. The molecule has 1 aliphatic rings. The minimum absolute atomic E-state index is 0.416. The number of aryl methyl sites for hydroxylation is 1. The predicted octanol–water partition coefficient (Wildman–Crippen LogP) is 2.14. The summed E-state index contributed by atoms with van der Waals surface area (Å²) in [5.41, 5.74) is 1.67. The molecule has 0 spiro atoms. The molecule has 0 bridgehead atoms. The van der Waals surface area contributed by atoms with Crippen LogP contribution in [0, 0.1) is 5.41 Å². The van der Waals surface area contributed by atoms with E-state index in [4.69, 9.17) is 0 Å². The van der Waals surface area contributed by atoms with E-state index >= 15 is 0 Å². The van der Waals surface area contributed by atoms with Crippen LogP contribution >= 0.6 is 0 Å². The SMILES string of the molecule is CCCn1nncc1C(NCC)C1(C)CC1. The van der Waals surface area contributed by atoms with Crippen molar-refractivity contribution >= 4 is 0 Å². The van der Waals surface area contributed by atoms with Crippen molar-refractivity contribution in [3.05, 3.63) is 11.9 Å². The molecule has 4 heteroatoms. The number of hydrogen-bond acceptors (Lipinski definition) is 3. The van der Waals surface area contributed by atoms with E-state index in [2.05, 4.69) is 41.1 Å². The fourth-order valence-corrected chi connectivity index (χ4v) is 2.27. The fraction of sp³-hybridized carbons (Fsp3) is 0.833. The molecule has 1 atom stereocenters. The molecule has 4 nitrogen and oxygen atoms in total. The van der Waals surface area contributed by atoms with Crippen molar-refractivity contribution in [1.82, 2.24) is 20.3 Å². The van der Waals surface area contributed by atoms with Crippen molar-refractivity contribution in [2.24, 2.45) is 5.41 Å². The molecule has 2 rings (SSSR count). The summed E-state index contributed by atoms with van der Waals surface area (Å²) < 4.78 is 2.05. The molecule has 1 N–H and O–H groups in total. The highest BCUT2D eigenvalue weighted by molar-refractivity contribution is 5.13. The van der Waals surface area contributed by atoms with Crippen LogP contribution in [0.5, 0.6) is 0 Å². The Kier molecular flexibility index (Phi) is 3.28. The van der Waals surface area contributed by atoms with E-state index in [-0.39, 0.29) is 0 Å². The molecule has 0 saturated heterocycles. The minimum Gasteiger partial charge on any atom is -0.308 e. The topological polar surface area (TPSA) is 42.7 Å². The maximum atomic E-state index is 4.18. The first kappa shape index (κ1) is 11.6. The van der Waals surface area contributed by atoms with Crippen molar-refractivity contribution in [3.8, 4) is 0 Å². The van der Waals surface area contributed by atoms with Gasteiger partial charge in [0, 0.05) is 6.54 Å². The molecule has 1 aliphatic carbocycles. The smallest absolute Gasteiger partial charge is 0.0762 e. The maximum Gasteiger partial charge on any atom is 0.0762 e. The summed E-state index contributed by atoms with van der Waals surface area (Å²) in [7, 11) is 0. The first-order valence-corrected chi connectivity index (χ1v) is 6.33.